The summed E-state index contributed by atoms with van der Waals surface area (Å²) in [7, 11) is 0. The van der Waals surface area contributed by atoms with Crippen LogP contribution in [0.4, 0.5) is 0 Å². The molecule has 1 N–H and O–H groups in total. The van der Waals surface area contributed by atoms with Gasteiger partial charge in [0.15, 0.2) is 12.4 Å². The van der Waals surface area contributed by atoms with Crippen LogP contribution >= 0.6 is 15.9 Å². The van der Waals surface area contributed by atoms with E-state index in [0.29, 0.717) is 0 Å². The predicted molar refractivity (Wildman–Crippen MR) is 48.2 cm³/mol. The second-order valence-corrected chi connectivity index (χ2v) is 3.33. The van der Waals surface area contributed by atoms with E-state index in [2.05, 4.69) is 39.1 Å². The van der Waals surface area contributed by atoms with Gasteiger partial charge in [0.2, 0.25) is 0 Å². The summed E-state index contributed by atoms with van der Waals surface area (Å²) in [5, 5.41) is 2.48. The molecule has 0 radical (unpaired) electrons. The van der Waals surface area contributed by atoms with Gasteiger partial charge in [0.25, 0.3) is 0 Å². The molecule has 1 heterocycles. The Hall–Kier alpha value is -0.890. The lowest BCUT2D eigenvalue weighted by Gasteiger charge is -1.92. The molecule has 54 valence electrons. The monoisotopic (exact) mass is 208 g/mol. The average molecular weight is 209 g/mol. The third kappa shape index (κ3) is 1.26. The zero-order valence-electron chi connectivity index (χ0n) is 5.84. The molecule has 0 saturated heterocycles. The number of hydrogen-bond acceptors (Lipinski definition) is 0. The minimum Gasteiger partial charge on any atom is -0.217 e. The number of pyridine rings is 1. The molecule has 0 unspecified atom stereocenters. The first-order valence-corrected chi connectivity index (χ1v) is 4.21. The molecule has 0 spiro atoms. The van der Waals surface area contributed by atoms with Gasteiger partial charge in [-0.25, -0.2) is 4.98 Å². The van der Waals surface area contributed by atoms with Crippen LogP contribution in [0.1, 0.15) is 0 Å². The molecule has 11 heavy (non-hydrogen) atoms. The Morgan fingerprint density at radius 2 is 2.00 bits per heavy atom. The van der Waals surface area contributed by atoms with Crippen molar-refractivity contribution < 1.29 is 4.98 Å². The Kier molecular flexibility index (Phi) is 1.62. The van der Waals surface area contributed by atoms with Gasteiger partial charge in [0.1, 0.15) is 0 Å². The maximum Gasteiger partial charge on any atom is 0.174 e. The van der Waals surface area contributed by atoms with Gasteiger partial charge < -0.3 is 0 Å². The fourth-order valence-corrected chi connectivity index (χ4v) is 1.48. The average Bonchev–Trinajstić information content (AvgIpc) is 2.04. The van der Waals surface area contributed by atoms with Gasteiger partial charge in [-0.05, 0) is 17.5 Å². The number of H-pyrrole nitrogens is 1. The molecule has 1 aromatic carbocycles. The highest BCUT2D eigenvalue weighted by molar-refractivity contribution is 9.10. The van der Waals surface area contributed by atoms with E-state index in [4.69, 9.17) is 0 Å². The van der Waals surface area contributed by atoms with Crippen LogP contribution in [0.25, 0.3) is 10.8 Å². The topological polar surface area (TPSA) is 14.1 Å². The van der Waals surface area contributed by atoms with Gasteiger partial charge in [0.05, 0.1) is 0 Å². The lowest BCUT2D eigenvalue weighted by atomic mass is 10.2. The standard InChI is InChI=1S/C9H6BrN/c10-9-2-1-7-3-4-11-6-8(7)5-9/h1-6H/p+1. The predicted octanol–water partition coefficient (Wildman–Crippen LogP) is 2.42. The van der Waals surface area contributed by atoms with E-state index in [-0.39, 0.29) is 0 Å². The summed E-state index contributed by atoms with van der Waals surface area (Å²) in [5.74, 6) is 0. The maximum atomic E-state index is 3.42. The number of nitrogens with one attached hydrogen (secondary N) is 1. The highest BCUT2D eigenvalue weighted by Gasteiger charge is 1.94. The fourth-order valence-electron chi connectivity index (χ4n) is 1.10. The lowest BCUT2D eigenvalue weighted by molar-refractivity contribution is -0.375. The number of halogens is 1. The zero-order valence-corrected chi connectivity index (χ0v) is 7.43. The van der Waals surface area contributed by atoms with Gasteiger partial charge in [-0.15, -0.1) is 0 Å². The quantitative estimate of drug-likeness (QED) is 0.632. The number of benzene rings is 1. The molecule has 1 aromatic heterocycles. The molecule has 0 atom stereocenters. The lowest BCUT2D eigenvalue weighted by Crippen LogP contribution is -1.96. The Bertz CT molecular complexity index is 384. The third-order valence-corrected chi connectivity index (χ3v) is 2.14. The van der Waals surface area contributed by atoms with Gasteiger partial charge in [0, 0.05) is 15.9 Å². The van der Waals surface area contributed by atoms with Crippen molar-refractivity contribution in [3.8, 4) is 0 Å². The van der Waals surface area contributed by atoms with E-state index in [1.165, 1.54) is 10.8 Å². The van der Waals surface area contributed by atoms with Crippen LogP contribution in [-0.4, -0.2) is 0 Å². The van der Waals surface area contributed by atoms with Gasteiger partial charge in [-0.3, -0.25) is 0 Å². The summed E-state index contributed by atoms with van der Waals surface area (Å²) in [4.78, 5) is 3.04. The first kappa shape index (κ1) is 6.80. The van der Waals surface area contributed by atoms with Crippen molar-refractivity contribution in [2.45, 2.75) is 0 Å². The molecular formula is C9H7BrN+. The summed E-state index contributed by atoms with van der Waals surface area (Å²) < 4.78 is 1.12. The molecule has 0 fully saturated rings. The van der Waals surface area contributed by atoms with Crippen LogP contribution < -0.4 is 4.98 Å². The summed E-state index contributed by atoms with van der Waals surface area (Å²) in [6, 6.07) is 8.28. The maximum absolute atomic E-state index is 3.42. The van der Waals surface area contributed by atoms with E-state index in [1.807, 2.05) is 18.5 Å². The van der Waals surface area contributed by atoms with Gasteiger partial charge in [-0.1, -0.05) is 22.0 Å². The van der Waals surface area contributed by atoms with Crippen LogP contribution in [0.15, 0.2) is 41.1 Å². The number of fused-ring (bicyclic) bond motifs is 1. The summed E-state index contributed by atoms with van der Waals surface area (Å²) in [5.41, 5.74) is 0. The van der Waals surface area contributed by atoms with E-state index in [9.17, 15) is 0 Å². The number of aromatic amines is 1. The van der Waals surface area contributed by atoms with Crippen molar-refractivity contribution in [1.82, 2.24) is 0 Å². The first-order chi connectivity index (χ1) is 5.36. The Balaban J connectivity index is 2.83. The van der Waals surface area contributed by atoms with Gasteiger partial charge in [-0.2, -0.15) is 0 Å². The Labute approximate surface area is 73.2 Å². The molecule has 0 bridgehead atoms. The molecule has 0 aliphatic rings. The van der Waals surface area contributed by atoms with E-state index in [0.717, 1.165) is 4.47 Å². The highest BCUT2D eigenvalue weighted by atomic mass is 79.9. The molecule has 2 heteroatoms. The van der Waals surface area contributed by atoms with Crippen LogP contribution in [0, 0.1) is 0 Å². The fraction of sp³-hybridized carbons (Fsp3) is 0. The smallest absolute Gasteiger partial charge is 0.174 e. The largest absolute Gasteiger partial charge is 0.217 e. The van der Waals surface area contributed by atoms with Crippen molar-refractivity contribution >= 4 is 26.7 Å². The molecule has 2 rings (SSSR count). The van der Waals surface area contributed by atoms with E-state index >= 15 is 0 Å². The second kappa shape index (κ2) is 2.62. The molecule has 2 aromatic rings. The summed E-state index contributed by atoms with van der Waals surface area (Å²) in [6.45, 7) is 0. The van der Waals surface area contributed by atoms with Crippen molar-refractivity contribution in [2.75, 3.05) is 0 Å². The third-order valence-electron chi connectivity index (χ3n) is 1.65. The molecular weight excluding hydrogens is 202 g/mol. The molecule has 0 aliphatic carbocycles. The van der Waals surface area contributed by atoms with Crippen LogP contribution in [0.5, 0.6) is 0 Å². The van der Waals surface area contributed by atoms with Crippen molar-refractivity contribution in [3.05, 3.63) is 41.1 Å². The minimum atomic E-state index is 1.12. The van der Waals surface area contributed by atoms with Crippen LogP contribution in [-0.2, 0) is 0 Å². The number of rotatable bonds is 0. The first-order valence-electron chi connectivity index (χ1n) is 3.42. The van der Waals surface area contributed by atoms with Crippen molar-refractivity contribution in [3.63, 3.8) is 0 Å². The van der Waals surface area contributed by atoms with Gasteiger partial charge >= 0.3 is 0 Å². The molecule has 0 aliphatic heterocycles. The van der Waals surface area contributed by atoms with Crippen LogP contribution in [0.2, 0.25) is 0 Å². The normalized spacial score (nSPS) is 10.3. The van der Waals surface area contributed by atoms with Crippen LogP contribution in [0.3, 0.4) is 0 Å². The Morgan fingerprint density at radius 1 is 1.09 bits per heavy atom. The number of hydrogen-bond donors (Lipinski definition) is 0. The van der Waals surface area contributed by atoms with E-state index < -0.39 is 0 Å². The summed E-state index contributed by atoms with van der Waals surface area (Å²) >= 11 is 3.42. The number of aromatic nitrogens is 1. The van der Waals surface area contributed by atoms with Crippen molar-refractivity contribution in [2.24, 2.45) is 0 Å². The Morgan fingerprint density at radius 3 is 2.91 bits per heavy atom. The highest BCUT2D eigenvalue weighted by Crippen LogP contribution is 2.16. The zero-order chi connectivity index (χ0) is 7.68. The molecule has 0 amide bonds. The minimum absolute atomic E-state index is 1.12. The molecule has 1 nitrogen and oxygen atoms in total. The van der Waals surface area contributed by atoms with Crippen molar-refractivity contribution in [1.29, 1.82) is 0 Å². The molecule has 0 saturated carbocycles. The second-order valence-electron chi connectivity index (χ2n) is 2.42. The summed E-state index contributed by atoms with van der Waals surface area (Å²) in [6.07, 6.45) is 3.91. The SMILES string of the molecule is Brc1ccc2cc[nH+]cc2c1. The van der Waals surface area contributed by atoms with E-state index in [1.54, 1.807) is 0 Å².